The molecule has 0 N–H and O–H groups in total. The lowest BCUT2D eigenvalue weighted by atomic mass is 10.0. The standard InChI is InChI=1S/C18H17F3N4O3/c1-10(28-2)17-12(9-22-16-8-15(19)23-25(16)17)7-13(26)5-11-3-4-24(27)14(6-11)18(20)21/h3-4,6,8-10,18H,5,7H2,1-2H3/t10-/m0/s1. The number of hydrogen-bond donors (Lipinski definition) is 0. The molecule has 0 saturated carbocycles. The number of ketones is 1. The molecule has 1 atom stereocenters. The zero-order valence-electron chi connectivity index (χ0n) is 15.1. The number of carbonyl (C=O) groups is 1. The van der Waals surface area contributed by atoms with Gasteiger partial charge in [-0.2, -0.15) is 17.9 Å². The SMILES string of the molecule is CO[C@@H](C)c1c(CC(=O)Cc2cc[n+]([O-])c(C(F)F)c2)cnc2cc(F)nn12. The van der Waals surface area contributed by atoms with Crippen LogP contribution in [0.3, 0.4) is 0 Å². The first-order valence-corrected chi connectivity index (χ1v) is 8.37. The van der Waals surface area contributed by atoms with Crippen molar-refractivity contribution >= 4 is 11.4 Å². The van der Waals surface area contributed by atoms with Crippen molar-refractivity contribution in [3.63, 3.8) is 0 Å². The number of methoxy groups -OCH3 is 1. The number of rotatable bonds is 7. The summed E-state index contributed by atoms with van der Waals surface area (Å²) in [6, 6.07) is 3.49. The number of Topliss-reactive ketones (excluding diaryl/α,β-unsaturated/α-hetero) is 1. The Labute approximate surface area is 158 Å². The van der Waals surface area contributed by atoms with Crippen LogP contribution in [0.5, 0.6) is 0 Å². The molecule has 148 valence electrons. The van der Waals surface area contributed by atoms with Gasteiger partial charge in [-0.15, -0.1) is 5.10 Å². The van der Waals surface area contributed by atoms with Crippen molar-refractivity contribution in [2.24, 2.45) is 0 Å². The molecule has 0 amide bonds. The number of halogens is 3. The molecule has 0 aliphatic heterocycles. The average Bonchev–Trinajstić information content (AvgIpc) is 3.02. The molecular formula is C18H17F3N4O3. The van der Waals surface area contributed by atoms with E-state index in [1.54, 1.807) is 6.92 Å². The van der Waals surface area contributed by atoms with Crippen LogP contribution >= 0.6 is 0 Å². The quantitative estimate of drug-likeness (QED) is 0.454. The fourth-order valence-corrected chi connectivity index (χ4v) is 2.96. The Balaban J connectivity index is 1.88. The van der Waals surface area contributed by atoms with Crippen molar-refractivity contribution in [2.75, 3.05) is 7.11 Å². The van der Waals surface area contributed by atoms with Crippen molar-refractivity contribution in [2.45, 2.75) is 32.3 Å². The van der Waals surface area contributed by atoms with Crippen molar-refractivity contribution in [3.05, 3.63) is 64.3 Å². The largest absolute Gasteiger partial charge is 0.618 e. The summed E-state index contributed by atoms with van der Waals surface area (Å²) in [6.45, 7) is 1.72. The van der Waals surface area contributed by atoms with Crippen LogP contribution in [0, 0.1) is 11.2 Å². The third kappa shape index (κ3) is 3.96. The van der Waals surface area contributed by atoms with Crippen LogP contribution in [0.2, 0.25) is 0 Å². The lowest BCUT2D eigenvalue weighted by Gasteiger charge is -2.16. The van der Waals surface area contributed by atoms with Gasteiger partial charge in [0, 0.05) is 49.9 Å². The highest BCUT2D eigenvalue weighted by molar-refractivity contribution is 5.83. The first kappa shape index (κ1) is 19.7. The Morgan fingerprint density at radius 2 is 2.11 bits per heavy atom. The number of ether oxygens (including phenoxy) is 1. The van der Waals surface area contributed by atoms with E-state index in [0.29, 0.717) is 16.8 Å². The Kier molecular flexibility index (Phi) is 5.59. The number of pyridine rings is 1. The van der Waals surface area contributed by atoms with Crippen molar-refractivity contribution in [3.8, 4) is 0 Å². The van der Waals surface area contributed by atoms with Gasteiger partial charge in [-0.25, -0.2) is 9.50 Å². The maximum Gasteiger partial charge on any atom is 0.322 e. The highest BCUT2D eigenvalue weighted by Crippen LogP contribution is 2.23. The summed E-state index contributed by atoms with van der Waals surface area (Å²) >= 11 is 0. The van der Waals surface area contributed by atoms with Crippen LogP contribution in [0.15, 0.2) is 30.6 Å². The second kappa shape index (κ2) is 7.93. The van der Waals surface area contributed by atoms with Gasteiger partial charge in [-0.3, -0.25) is 4.79 Å². The summed E-state index contributed by atoms with van der Waals surface area (Å²) in [6.07, 6.45) is -1.27. The lowest BCUT2D eigenvalue weighted by molar-refractivity contribution is -0.619. The smallest absolute Gasteiger partial charge is 0.322 e. The van der Waals surface area contributed by atoms with E-state index in [2.05, 4.69) is 10.1 Å². The van der Waals surface area contributed by atoms with E-state index in [0.717, 1.165) is 18.3 Å². The zero-order valence-corrected chi connectivity index (χ0v) is 15.1. The summed E-state index contributed by atoms with van der Waals surface area (Å²) in [7, 11) is 1.47. The molecular weight excluding hydrogens is 377 g/mol. The van der Waals surface area contributed by atoms with Gasteiger partial charge in [0.15, 0.2) is 11.8 Å². The predicted molar refractivity (Wildman–Crippen MR) is 91.1 cm³/mol. The van der Waals surface area contributed by atoms with E-state index < -0.39 is 24.2 Å². The van der Waals surface area contributed by atoms with E-state index in [9.17, 15) is 23.2 Å². The molecule has 7 nitrogen and oxygen atoms in total. The summed E-state index contributed by atoms with van der Waals surface area (Å²) in [5, 5.41) is 15.1. The number of fused-ring (bicyclic) bond motifs is 1. The predicted octanol–water partition coefficient (Wildman–Crippen LogP) is 2.50. The summed E-state index contributed by atoms with van der Waals surface area (Å²) < 4.78 is 45.9. The van der Waals surface area contributed by atoms with Crippen LogP contribution in [-0.4, -0.2) is 27.5 Å². The van der Waals surface area contributed by atoms with E-state index in [1.807, 2.05) is 0 Å². The summed E-state index contributed by atoms with van der Waals surface area (Å²) in [5.41, 5.74) is 0.821. The fourth-order valence-electron chi connectivity index (χ4n) is 2.96. The van der Waals surface area contributed by atoms with Gasteiger partial charge in [-0.1, -0.05) is 0 Å². The molecule has 0 bridgehead atoms. The minimum Gasteiger partial charge on any atom is -0.618 e. The van der Waals surface area contributed by atoms with Gasteiger partial charge >= 0.3 is 6.43 Å². The molecule has 0 fully saturated rings. The van der Waals surface area contributed by atoms with Crippen molar-refractivity contribution in [1.82, 2.24) is 14.6 Å². The second-order valence-electron chi connectivity index (χ2n) is 6.26. The molecule has 3 aromatic heterocycles. The third-order valence-corrected chi connectivity index (χ3v) is 4.33. The van der Waals surface area contributed by atoms with Crippen molar-refractivity contribution in [1.29, 1.82) is 0 Å². The fraction of sp³-hybridized carbons (Fsp3) is 0.333. The average molecular weight is 394 g/mol. The van der Waals surface area contributed by atoms with Gasteiger partial charge in [0.25, 0.3) is 5.69 Å². The molecule has 0 aromatic carbocycles. The third-order valence-electron chi connectivity index (χ3n) is 4.33. The highest BCUT2D eigenvalue weighted by Gasteiger charge is 2.21. The minimum atomic E-state index is -2.94. The maximum atomic E-state index is 13.5. The number of alkyl halides is 2. The summed E-state index contributed by atoms with van der Waals surface area (Å²) in [5.74, 6) is -1.00. The Hall–Kier alpha value is -3.01. The van der Waals surface area contributed by atoms with E-state index in [1.165, 1.54) is 23.9 Å². The van der Waals surface area contributed by atoms with Gasteiger partial charge in [0.1, 0.15) is 5.78 Å². The van der Waals surface area contributed by atoms with Gasteiger partial charge < -0.3 is 9.94 Å². The van der Waals surface area contributed by atoms with Gasteiger partial charge in [0.05, 0.1) is 11.8 Å². The molecule has 0 aliphatic carbocycles. The number of aromatic nitrogens is 4. The van der Waals surface area contributed by atoms with E-state index >= 15 is 0 Å². The molecule has 0 saturated heterocycles. The van der Waals surface area contributed by atoms with E-state index in [4.69, 9.17) is 4.74 Å². The molecule has 3 aromatic rings. The Bertz CT molecular complexity index is 1020. The Morgan fingerprint density at radius 3 is 2.79 bits per heavy atom. The first-order valence-electron chi connectivity index (χ1n) is 8.37. The monoisotopic (exact) mass is 394 g/mol. The van der Waals surface area contributed by atoms with Crippen LogP contribution in [0.1, 0.15) is 42.0 Å². The molecule has 10 heteroatoms. The molecule has 0 radical (unpaired) electrons. The van der Waals surface area contributed by atoms with Crippen LogP contribution < -0.4 is 4.73 Å². The molecule has 3 heterocycles. The normalized spacial score (nSPS) is 12.6. The number of hydrogen-bond acceptors (Lipinski definition) is 5. The molecule has 0 unspecified atom stereocenters. The van der Waals surface area contributed by atoms with E-state index in [-0.39, 0.29) is 29.0 Å². The molecule has 0 spiro atoms. The van der Waals surface area contributed by atoms with Gasteiger partial charge in [0.2, 0.25) is 5.95 Å². The van der Waals surface area contributed by atoms with Crippen molar-refractivity contribution < 1.29 is 27.4 Å². The Morgan fingerprint density at radius 1 is 1.36 bits per heavy atom. The molecule has 3 rings (SSSR count). The number of nitrogens with zero attached hydrogens (tertiary/aromatic N) is 4. The first-order chi connectivity index (χ1) is 13.3. The molecule has 0 aliphatic rings. The number of carbonyl (C=O) groups excluding carboxylic acids is 1. The lowest BCUT2D eigenvalue weighted by Crippen LogP contribution is -2.31. The second-order valence-corrected chi connectivity index (χ2v) is 6.26. The van der Waals surface area contributed by atoms with Gasteiger partial charge in [-0.05, 0) is 12.5 Å². The van der Waals surface area contributed by atoms with Crippen LogP contribution in [0.25, 0.3) is 5.65 Å². The summed E-state index contributed by atoms with van der Waals surface area (Å²) in [4.78, 5) is 16.6. The zero-order chi connectivity index (χ0) is 20.4. The van der Waals surface area contributed by atoms with Crippen LogP contribution in [-0.2, 0) is 22.4 Å². The van der Waals surface area contributed by atoms with Crippen LogP contribution in [0.4, 0.5) is 13.2 Å². The topological polar surface area (TPSA) is 83.4 Å². The highest BCUT2D eigenvalue weighted by atomic mass is 19.3. The maximum absolute atomic E-state index is 13.5. The minimum absolute atomic E-state index is 0.0706. The molecule has 28 heavy (non-hydrogen) atoms.